The lowest BCUT2D eigenvalue weighted by Crippen LogP contribution is -2.37. The summed E-state index contributed by atoms with van der Waals surface area (Å²) in [5.41, 5.74) is 1.38. The van der Waals surface area contributed by atoms with Crippen molar-refractivity contribution >= 4 is 29.3 Å². The van der Waals surface area contributed by atoms with Gasteiger partial charge in [0.2, 0.25) is 0 Å². The first-order valence-electron chi connectivity index (χ1n) is 8.46. The van der Waals surface area contributed by atoms with E-state index in [4.69, 9.17) is 11.6 Å². The molecule has 26 heavy (non-hydrogen) atoms. The largest absolute Gasteiger partial charge is 0.481 e. The highest BCUT2D eigenvalue weighted by Gasteiger charge is 2.42. The van der Waals surface area contributed by atoms with E-state index in [-0.39, 0.29) is 12.6 Å². The summed E-state index contributed by atoms with van der Waals surface area (Å²) < 4.78 is 1.74. The Balaban J connectivity index is 1.79. The maximum Gasteiger partial charge on any atom is 0.321 e. The zero-order valence-electron chi connectivity index (χ0n) is 14.7. The van der Waals surface area contributed by atoms with Gasteiger partial charge in [0.1, 0.15) is 0 Å². The molecule has 1 atom stereocenters. The highest BCUT2D eigenvalue weighted by molar-refractivity contribution is 6.30. The molecule has 8 heteroatoms. The minimum absolute atomic E-state index is 0.193. The lowest BCUT2D eigenvalue weighted by Gasteiger charge is -2.20. The number of urea groups is 1. The van der Waals surface area contributed by atoms with Crippen LogP contribution in [0.4, 0.5) is 10.5 Å². The monoisotopic (exact) mass is 376 g/mol. The summed E-state index contributed by atoms with van der Waals surface area (Å²) in [6.07, 6.45) is 2.71. The molecule has 2 N–H and O–H groups in total. The lowest BCUT2D eigenvalue weighted by molar-refractivity contribution is -0.146. The van der Waals surface area contributed by atoms with E-state index in [0.29, 0.717) is 30.1 Å². The van der Waals surface area contributed by atoms with Gasteiger partial charge in [0.25, 0.3) is 0 Å². The molecule has 2 heterocycles. The molecular weight excluding hydrogens is 356 g/mol. The third-order valence-corrected chi connectivity index (χ3v) is 5.01. The molecule has 1 unspecified atom stereocenters. The van der Waals surface area contributed by atoms with Crippen LogP contribution >= 0.6 is 11.6 Å². The molecule has 0 saturated carbocycles. The second kappa shape index (κ2) is 6.99. The van der Waals surface area contributed by atoms with E-state index in [0.717, 1.165) is 11.4 Å². The van der Waals surface area contributed by atoms with Crippen LogP contribution < -0.4 is 5.32 Å². The number of nitrogens with zero attached hydrogens (tertiary/aromatic N) is 3. The van der Waals surface area contributed by atoms with Gasteiger partial charge in [-0.15, -0.1) is 0 Å². The van der Waals surface area contributed by atoms with Gasteiger partial charge in [0.05, 0.1) is 28.7 Å². The first-order valence-corrected chi connectivity index (χ1v) is 8.84. The van der Waals surface area contributed by atoms with Crippen molar-refractivity contribution in [2.24, 2.45) is 5.41 Å². The smallest absolute Gasteiger partial charge is 0.321 e. The van der Waals surface area contributed by atoms with Crippen LogP contribution in [0.5, 0.6) is 0 Å². The maximum absolute atomic E-state index is 12.6. The number of benzene rings is 1. The Morgan fingerprint density at radius 2 is 2.19 bits per heavy atom. The zero-order chi connectivity index (χ0) is 18.9. The van der Waals surface area contributed by atoms with Crippen LogP contribution in [0.3, 0.4) is 0 Å². The number of carboxylic acid groups (broad SMARTS) is 1. The zero-order valence-corrected chi connectivity index (χ0v) is 15.5. The van der Waals surface area contributed by atoms with Gasteiger partial charge >= 0.3 is 12.0 Å². The molecule has 138 valence electrons. The number of hydrogen-bond acceptors (Lipinski definition) is 3. The van der Waals surface area contributed by atoms with Gasteiger partial charge in [0.15, 0.2) is 0 Å². The molecule has 1 fully saturated rings. The molecule has 0 radical (unpaired) electrons. The van der Waals surface area contributed by atoms with Crippen LogP contribution in [-0.2, 0) is 11.2 Å². The van der Waals surface area contributed by atoms with Crippen molar-refractivity contribution in [3.8, 4) is 5.69 Å². The van der Waals surface area contributed by atoms with Crippen LogP contribution in [0.1, 0.15) is 26.0 Å². The molecule has 1 aromatic carbocycles. The quantitative estimate of drug-likeness (QED) is 0.855. The van der Waals surface area contributed by atoms with E-state index < -0.39 is 11.4 Å². The molecule has 7 nitrogen and oxygen atoms in total. The minimum atomic E-state index is -0.893. The SMILES string of the molecule is CCc1c(NC(=O)N2CCC(C)(C(=O)O)C2)cnn1-c1cccc(Cl)c1. The van der Waals surface area contributed by atoms with E-state index in [1.165, 1.54) is 4.90 Å². The lowest BCUT2D eigenvalue weighted by atomic mass is 9.90. The van der Waals surface area contributed by atoms with E-state index in [9.17, 15) is 14.7 Å². The van der Waals surface area contributed by atoms with E-state index in [2.05, 4.69) is 10.4 Å². The number of carbonyl (C=O) groups is 2. The molecule has 0 bridgehead atoms. The number of carboxylic acids is 1. The summed E-state index contributed by atoms with van der Waals surface area (Å²) in [5, 5.41) is 17.1. The number of carbonyl (C=O) groups excluding carboxylic acids is 1. The van der Waals surface area contributed by atoms with Gasteiger partial charge in [-0.25, -0.2) is 9.48 Å². The third-order valence-electron chi connectivity index (χ3n) is 4.78. The Hall–Kier alpha value is -2.54. The van der Waals surface area contributed by atoms with Crippen molar-refractivity contribution in [2.45, 2.75) is 26.7 Å². The Morgan fingerprint density at radius 1 is 1.42 bits per heavy atom. The number of hydrogen-bond donors (Lipinski definition) is 2. The maximum atomic E-state index is 12.6. The number of halogens is 1. The number of anilines is 1. The number of amides is 2. The molecule has 2 amide bonds. The van der Waals surface area contributed by atoms with Gasteiger partial charge in [-0.05, 0) is 38.0 Å². The first-order chi connectivity index (χ1) is 12.3. The number of rotatable bonds is 4. The van der Waals surface area contributed by atoms with Crippen molar-refractivity contribution in [2.75, 3.05) is 18.4 Å². The molecule has 0 aliphatic carbocycles. The highest BCUT2D eigenvalue weighted by Crippen LogP contribution is 2.31. The van der Waals surface area contributed by atoms with Crippen molar-refractivity contribution in [1.29, 1.82) is 0 Å². The Labute approximate surface area is 156 Å². The summed E-state index contributed by atoms with van der Waals surface area (Å²) in [4.78, 5) is 25.4. The van der Waals surface area contributed by atoms with Crippen LogP contribution in [0, 0.1) is 5.41 Å². The molecule has 1 aliphatic heterocycles. The van der Waals surface area contributed by atoms with E-state index >= 15 is 0 Å². The van der Waals surface area contributed by atoms with Gasteiger partial charge < -0.3 is 15.3 Å². The number of aromatic nitrogens is 2. The van der Waals surface area contributed by atoms with Crippen LogP contribution in [0.15, 0.2) is 30.5 Å². The molecular formula is C18H21ClN4O3. The predicted molar refractivity (Wildman–Crippen MR) is 98.9 cm³/mol. The Morgan fingerprint density at radius 3 is 2.81 bits per heavy atom. The molecule has 2 aromatic rings. The molecule has 3 rings (SSSR count). The number of likely N-dealkylation sites (tertiary alicyclic amines) is 1. The summed E-state index contributed by atoms with van der Waals surface area (Å²) in [5.74, 6) is -0.879. The summed E-state index contributed by atoms with van der Waals surface area (Å²) in [7, 11) is 0. The second-order valence-corrected chi connectivity index (χ2v) is 7.15. The topological polar surface area (TPSA) is 87.5 Å². The molecule has 1 aliphatic rings. The van der Waals surface area contributed by atoms with Gasteiger partial charge in [-0.2, -0.15) is 5.10 Å². The van der Waals surface area contributed by atoms with Gasteiger partial charge in [-0.3, -0.25) is 4.79 Å². The number of aliphatic carboxylic acids is 1. The molecule has 1 aromatic heterocycles. The average molecular weight is 377 g/mol. The van der Waals surface area contributed by atoms with E-state index in [1.54, 1.807) is 29.9 Å². The first kappa shape index (κ1) is 18.3. The Bertz CT molecular complexity index is 851. The summed E-state index contributed by atoms with van der Waals surface area (Å²) >= 11 is 6.05. The van der Waals surface area contributed by atoms with Crippen LogP contribution in [-0.4, -0.2) is 44.9 Å². The second-order valence-electron chi connectivity index (χ2n) is 6.72. The van der Waals surface area contributed by atoms with Crippen molar-refractivity contribution in [3.63, 3.8) is 0 Å². The summed E-state index contributed by atoms with van der Waals surface area (Å²) in [6, 6.07) is 7.01. The third kappa shape index (κ3) is 3.39. The fourth-order valence-electron chi connectivity index (χ4n) is 3.15. The fraction of sp³-hybridized carbons (Fsp3) is 0.389. The predicted octanol–water partition coefficient (Wildman–Crippen LogP) is 3.42. The normalized spacial score (nSPS) is 19.6. The van der Waals surface area contributed by atoms with Crippen molar-refractivity contribution < 1.29 is 14.7 Å². The van der Waals surface area contributed by atoms with Crippen LogP contribution in [0.25, 0.3) is 5.69 Å². The standard InChI is InChI=1S/C18H21ClN4O3/c1-3-15-14(10-20-23(15)13-6-4-5-12(19)9-13)21-17(26)22-8-7-18(2,11-22)16(24)25/h4-6,9-10H,3,7-8,11H2,1-2H3,(H,21,26)(H,24,25). The van der Waals surface area contributed by atoms with Crippen molar-refractivity contribution in [1.82, 2.24) is 14.7 Å². The highest BCUT2D eigenvalue weighted by atomic mass is 35.5. The Kier molecular flexibility index (Phi) is 4.91. The van der Waals surface area contributed by atoms with Gasteiger partial charge in [-0.1, -0.05) is 24.6 Å². The van der Waals surface area contributed by atoms with E-state index in [1.807, 2.05) is 19.1 Å². The average Bonchev–Trinajstić information content (AvgIpc) is 3.19. The minimum Gasteiger partial charge on any atom is -0.481 e. The fourth-order valence-corrected chi connectivity index (χ4v) is 3.34. The molecule has 1 saturated heterocycles. The van der Waals surface area contributed by atoms with Gasteiger partial charge in [0, 0.05) is 18.1 Å². The molecule has 0 spiro atoms. The van der Waals surface area contributed by atoms with Crippen LogP contribution in [0.2, 0.25) is 5.02 Å². The summed E-state index contributed by atoms with van der Waals surface area (Å²) in [6.45, 7) is 4.25. The van der Waals surface area contributed by atoms with Crippen molar-refractivity contribution in [3.05, 3.63) is 41.2 Å². The number of nitrogens with one attached hydrogen (secondary N) is 1.